The summed E-state index contributed by atoms with van der Waals surface area (Å²) in [4.78, 5) is 36.0. The molecule has 1 unspecified atom stereocenters. The van der Waals surface area contributed by atoms with Gasteiger partial charge in [0.05, 0.1) is 5.92 Å². The summed E-state index contributed by atoms with van der Waals surface area (Å²) in [5, 5.41) is 9.06. The van der Waals surface area contributed by atoms with Crippen LogP contribution in [0.25, 0.3) is 0 Å². The number of rotatable bonds is 5. The summed E-state index contributed by atoms with van der Waals surface area (Å²) in [6.45, 7) is 5.65. The summed E-state index contributed by atoms with van der Waals surface area (Å²) in [7, 11) is 0. The maximum atomic E-state index is 11.9. The molecule has 1 rings (SSSR count). The number of carboxylic acids is 1. The minimum absolute atomic E-state index is 0.0108. The van der Waals surface area contributed by atoms with Gasteiger partial charge in [0, 0.05) is 19.4 Å². The van der Waals surface area contributed by atoms with E-state index in [0.29, 0.717) is 19.3 Å². The Morgan fingerprint density at radius 3 is 2.22 bits per heavy atom. The van der Waals surface area contributed by atoms with Gasteiger partial charge in [-0.25, -0.2) is 0 Å². The van der Waals surface area contributed by atoms with Crippen LogP contribution in [-0.2, 0) is 14.4 Å². The fourth-order valence-corrected chi connectivity index (χ4v) is 2.28. The van der Waals surface area contributed by atoms with Crippen molar-refractivity contribution in [3.63, 3.8) is 0 Å². The fourth-order valence-electron chi connectivity index (χ4n) is 2.28. The van der Waals surface area contributed by atoms with Crippen molar-refractivity contribution in [2.24, 2.45) is 11.3 Å². The van der Waals surface area contributed by atoms with Gasteiger partial charge in [-0.15, -0.1) is 0 Å². The van der Waals surface area contributed by atoms with E-state index in [1.807, 2.05) is 20.8 Å². The molecule has 0 aliphatic carbocycles. The predicted octanol–water partition coefficient (Wildman–Crippen LogP) is 1.66. The molecular weight excluding hydrogens is 234 g/mol. The number of likely N-dealkylation sites (tertiary alicyclic amines) is 1. The molecule has 1 N–H and O–H groups in total. The lowest BCUT2D eigenvalue weighted by Gasteiger charge is -2.35. The highest BCUT2D eigenvalue weighted by Crippen LogP contribution is 2.32. The van der Waals surface area contributed by atoms with Crippen LogP contribution < -0.4 is 0 Å². The van der Waals surface area contributed by atoms with Crippen LogP contribution >= 0.6 is 0 Å². The van der Waals surface area contributed by atoms with Crippen molar-refractivity contribution in [1.82, 2.24) is 4.90 Å². The maximum Gasteiger partial charge on any atom is 0.308 e. The highest BCUT2D eigenvalue weighted by molar-refractivity contribution is 5.98. The minimum atomic E-state index is -0.942. The van der Waals surface area contributed by atoms with Gasteiger partial charge in [0.1, 0.15) is 0 Å². The van der Waals surface area contributed by atoms with E-state index in [2.05, 4.69) is 0 Å². The predicted molar refractivity (Wildman–Crippen MR) is 65.8 cm³/mol. The Morgan fingerprint density at radius 2 is 1.83 bits per heavy atom. The van der Waals surface area contributed by atoms with Gasteiger partial charge < -0.3 is 5.11 Å². The molecule has 1 heterocycles. The third-order valence-corrected chi connectivity index (χ3v) is 3.25. The summed E-state index contributed by atoms with van der Waals surface area (Å²) >= 11 is 0. The van der Waals surface area contributed by atoms with Crippen LogP contribution in [0.15, 0.2) is 0 Å². The first kappa shape index (κ1) is 14.7. The Morgan fingerprint density at radius 1 is 1.33 bits per heavy atom. The fraction of sp³-hybridized carbons (Fsp3) is 0.769. The van der Waals surface area contributed by atoms with Gasteiger partial charge in [0.2, 0.25) is 11.8 Å². The first-order valence-corrected chi connectivity index (χ1v) is 6.33. The van der Waals surface area contributed by atoms with Crippen LogP contribution in [0.4, 0.5) is 0 Å². The standard InChI is InChI=1S/C13H21NO4/c1-4-5-9(12(17)18)8-14-10(15)6-13(2,3)7-11(14)16/h9H,4-8H2,1-3H3,(H,17,18). The number of imide groups is 1. The molecule has 1 fully saturated rings. The highest BCUT2D eigenvalue weighted by atomic mass is 16.4. The van der Waals surface area contributed by atoms with Crippen LogP contribution in [0.2, 0.25) is 0 Å². The Bertz CT molecular complexity index is 342. The molecule has 1 atom stereocenters. The molecule has 5 nitrogen and oxygen atoms in total. The summed E-state index contributed by atoms with van der Waals surface area (Å²) < 4.78 is 0. The van der Waals surface area contributed by atoms with Crippen molar-refractivity contribution >= 4 is 17.8 Å². The zero-order valence-corrected chi connectivity index (χ0v) is 11.2. The van der Waals surface area contributed by atoms with E-state index in [9.17, 15) is 14.4 Å². The first-order chi connectivity index (χ1) is 8.26. The quantitative estimate of drug-likeness (QED) is 0.758. The number of carbonyl (C=O) groups is 3. The second kappa shape index (κ2) is 5.50. The number of carbonyl (C=O) groups excluding carboxylic acids is 2. The zero-order valence-electron chi connectivity index (χ0n) is 11.2. The first-order valence-electron chi connectivity index (χ1n) is 6.33. The van der Waals surface area contributed by atoms with Gasteiger partial charge in [-0.05, 0) is 11.8 Å². The number of piperidine rings is 1. The summed E-state index contributed by atoms with van der Waals surface area (Å²) in [6.07, 6.45) is 1.81. The Kier molecular flexibility index (Phi) is 4.48. The van der Waals surface area contributed by atoms with E-state index >= 15 is 0 Å². The van der Waals surface area contributed by atoms with Gasteiger partial charge in [-0.3, -0.25) is 19.3 Å². The molecule has 1 aliphatic rings. The molecule has 102 valence electrons. The molecule has 1 saturated heterocycles. The van der Waals surface area contributed by atoms with Gasteiger partial charge in [-0.1, -0.05) is 27.2 Å². The van der Waals surface area contributed by atoms with Crippen molar-refractivity contribution in [3.05, 3.63) is 0 Å². The van der Waals surface area contributed by atoms with Crippen molar-refractivity contribution in [2.75, 3.05) is 6.54 Å². The lowest BCUT2D eigenvalue weighted by atomic mass is 9.81. The molecule has 18 heavy (non-hydrogen) atoms. The number of aliphatic carboxylic acids is 1. The van der Waals surface area contributed by atoms with E-state index in [4.69, 9.17) is 5.11 Å². The van der Waals surface area contributed by atoms with Crippen LogP contribution in [0, 0.1) is 11.3 Å². The zero-order chi connectivity index (χ0) is 13.9. The summed E-state index contributed by atoms with van der Waals surface area (Å²) in [5.41, 5.74) is -0.311. The van der Waals surface area contributed by atoms with Crippen molar-refractivity contribution in [1.29, 1.82) is 0 Å². The molecule has 0 bridgehead atoms. The van der Waals surface area contributed by atoms with Gasteiger partial charge >= 0.3 is 5.97 Å². The largest absolute Gasteiger partial charge is 0.481 e. The van der Waals surface area contributed by atoms with E-state index in [-0.39, 0.29) is 23.8 Å². The van der Waals surface area contributed by atoms with Crippen molar-refractivity contribution in [3.8, 4) is 0 Å². The number of nitrogens with zero attached hydrogens (tertiary/aromatic N) is 1. The molecule has 5 heteroatoms. The second-order valence-electron chi connectivity index (χ2n) is 5.74. The molecular formula is C13H21NO4. The van der Waals surface area contributed by atoms with Crippen LogP contribution in [0.5, 0.6) is 0 Å². The number of hydrogen-bond acceptors (Lipinski definition) is 3. The maximum absolute atomic E-state index is 11.9. The third kappa shape index (κ3) is 3.55. The van der Waals surface area contributed by atoms with E-state index in [1.54, 1.807) is 0 Å². The van der Waals surface area contributed by atoms with Crippen LogP contribution in [0.3, 0.4) is 0 Å². The summed E-state index contributed by atoms with van der Waals surface area (Å²) in [5.74, 6) is -2.09. The Hall–Kier alpha value is -1.39. The normalized spacial score (nSPS) is 20.9. The monoisotopic (exact) mass is 255 g/mol. The number of amides is 2. The lowest BCUT2D eigenvalue weighted by molar-refractivity contribution is -0.155. The highest BCUT2D eigenvalue weighted by Gasteiger charge is 2.38. The van der Waals surface area contributed by atoms with Crippen LogP contribution in [0.1, 0.15) is 46.5 Å². The van der Waals surface area contributed by atoms with E-state index in [1.165, 1.54) is 0 Å². The average molecular weight is 255 g/mol. The van der Waals surface area contributed by atoms with Gasteiger partial charge in [0.15, 0.2) is 0 Å². The Labute approximate surface area is 107 Å². The topological polar surface area (TPSA) is 74.7 Å². The van der Waals surface area contributed by atoms with E-state index < -0.39 is 11.9 Å². The summed E-state index contributed by atoms with van der Waals surface area (Å²) in [6, 6.07) is 0. The van der Waals surface area contributed by atoms with E-state index in [0.717, 1.165) is 11.3 Å². The molecule has 0 saturated carbocycles. The lowest BCUT2D eigenvalue weighted by Crippen LogP contribution is -2.48. The molecule has 0 spiro atoms. The molecule has 0 aromatic rings. The smallest absolute Gasteiger partial charge is 0.308 e. The molecule has 0 radical (unpaired) electrons. The van der Waals surface area contributed by atoms with Crippen LogP contribution in [-0.4, -0.2) is 34.3 Å². The minimum Gasteiger partial charge on any atom is -0.481 e. The molecule has 2 amide bonds. The third-order valence-electron chi connectivity index (χ3n) is 3.25. The molecule has 0 aromatic heterocycles. The molecule has 1 aliphatic heterocycles. The number of hydrogen-bond donors (Lipinski definition) is 1. The van der Waals surface area contributed by atoms with Crippen molar-refractivity contribution in [2.45, 2.75) is 46.5 Å². The van der Waals surface area contributed by atoms with Gasteiger partial charge in [-0.2, -0.15) is 0 Å². The molecule has 0 aromatic carbocycles. The van der Waals surface area contributed by atoms with Gasteiger partial charge in [0.25, 0.3) is 0 Å². The number of carboxylic acid groups (broad SMARTS) is 1. The Balaban J connectivity index is 2.74. The second-order valence-corrected chi connectivity index (χ2v) is 5.74. The average Bonchev–Trinajstić information content (AvgIpc) is 2.19. The van der Waals surface area contributed by atoms with Crippen molar-refractivity contribution < 1.29 is 19.5 Å². The SMILES string of the molecule is CCCC(CN1C(=O)CC(C)(C)CC1=O)C(=O)O.